The molecule has 0 aliphatic heterocycles. The highest BCUT2D eigenvalue weighted by Gasteiger charge is 2.45. The van der Waals surface area contributed by atoms with Gasteiger partial charge >= 0.3 is 0 Å². The molecule has 0 spiro atoms. The molecular formula is C17H27NO. The summed E-state index contributed by atoms with van der Waals surface area (Å²) in [4.78, 5) is 0. The van der Waals surface area contributed by atoms with Gasteiger partial charge in [-0.15, -0.1) is 0 Å². The van der Waals surface area contributed by atoms with Crippen molar-refractivity contribution in [2.75, 3.05) is 13.7 Å². The first kappa shape index (κ1) is 14.4. The molecule has 19 heavy (non-hydrogen) atoms. The predicted octanol–water partition coefficient (Wildman–Crippen LogP) is 4.17. The normalized spacial score (nSPS) is 18.4. The average Bonchev–Trinajstić information content (AvgIpc) is 3.21. The molecular weight excluding hydrogens is 234 g/mol. The molecule has 1 aliphatic carbocycles. The topological polar surface area (TPSA) is 21.3 Å². The van der Waals surface area contributed by atoms with Gasteiger partial charge in [-0.3, -0.25) is 0 Å². The van der Waals surface area contributed by atoms with E-state index in [1.807, 2.05) is 6.07 Å². The van der Waals surface area contributed by atoms with Crippen LogP contribution in [0.5, 0.6) is 5.75 Å². The minimum absolute atomic E-state index is 0.396. The summed E-state index contributed by atoms with van der Waals surface area (Å²) in [6.45, 7) is 8.05. The van der Waals surface area contributed by atoms with Crippen molar-refractivity contribution in [3.63, 3.8) is 0 Å². The smallest absolute Gasteiger partial charge is 0.123 e. The lowest BCUT2D eigenvalue weighted by Crippen LogP contribution is -2.31. The summed E-state index contributed by atoms with van der Waals surface area (Å²) in [5.74, 6) is 1.77. The third kappa shape index (κ3) is 3.11. The van der Waals surface area contributed by atoms with Gasteiger partial charge in [0.25, 0.3) is 0 Å². The third-order valence-corrected chi connectivity index (χ3v) is 4.74. The SMILES string of the molecule is CCC(NCC1(C(C)C)CC1)c1ccccc1OC. The van der Waals surface area contributed by atoms with Crippen molar-refractivity contribution in [1.82, 2.24) is 5.32 Å². The lowest BCUT2D eigenvalue weighted by Gasteiger charge is -2.25. The van der Waals surface area contributed by atoms with E-state index in [9.17, 15) is 0 Å². The zero-order chi connectivity index (χ0) is 13.9. The van der Waals surface area contributed by atoms with Gasteiger partial charge in [-0.25, -0.2) is 0 Å². The number of nitrogens with one attached hydrogen (secondary N) is 1. The Kier molecular flexibility index (Phi) is 4.51. The van der Waals surface area contributed by atoms with Gasteiger partial charge < -0.3 is 10.1 Å². The molecule has 1 aliphatic rings. The van der Waals surface area contributed by atoms with Crippen molar-refractivity contribution < 1.29 is 4.74 Å². The van der Waals surface area contributed by atoms with Gasteiger partial charge in [0.2, 0.25) is 0 Å². The minimum Gasteiger partial charge on any atom is -0.496 e. The lowest BCUT2D eigenvalue weighted by molar-refractivity contribution is 0.314. The highest BCUT2D eigenvalue weighted by atomic mass is 16.5. The van der Waals surface area contributed by atoms with Crippen LogP contribution in [0.4, 0.5) is 0 Å². The van der Waals surface area contributed by atoms with Crippen LogP contribution in [0.15, 0.2) is 24.3 Å². The quantitative estimate of drug-likeness (QED) is 0.795. The van der Waals surface area contributed by atoms with Gasteiger partial charge in [0.1, 0.15) is 5.75 Å². The highest BCUT2D eigenvalue weighted by Crippen LogP contribution is 2.51. The van der Waals surface area contributed by atoms with E-state index in [0.717, 1.165) is 24.6 Å². The zero-order valence-corrected chi connectivity index (χ0v) is 12.7. The molecule has 1 aromatic rings. The summed E-state index contributed by atoms with van der Waals surface area (Å²) in [6.07, 6.45) is 3.84. The first-order chi connectivity index (χ1) is 9.13. The molecule has 0 heterocycles. The van der Waals surface area contributed by atoms with E-state index in [4.69, 9.17) is 4.74 Å². The second kappa shape index (κ2) is 5.96. The number of benzene rings is 1. The van der Waals surface area contributed by atoms with Crippen LogP contribution in [0, 0.1) is 11.3 Å². The monoisotopic (exact) mass is 261 g/mol. The molecule has 1 atom stereocenters. The summed E-state index contributed by atoms with van der Waals surface area (Å²) in [7, 11) is 1.75. The van der Waals surface area contributed by atoms with Gasteiger partial charge in [0.05, 0.1) is 7.11 Å². The summed E-state index contributed by atoms with van der Waals surface area (Å²) in [6, 6.07) is 8.75. The van der Waals surface area contributed by atoms with Gasteiger partial charge in [-0.05, 0) is 36.7 Å². The summed E-state index contributed by atoms with van der Waals surface area (Å²) >= 11 is 0. The Morgan fingerprint density at radius 1 is 1.26 bits per heavy atom. The standard InChI is InChI=1S/C17H27NO/c1-5-15(14-8-6-7-9-16(14)19-4)18-12-17(10-11-17)13(2)3/h6-9,13,15,18H,5,10-12H2,1-4H3. The van der Waals surface area contributed by atoms with E-state index in [1.54, 1.807) is 7.11 Å². The molecule has 2 rings (SSSR count). The average molecular weight is 261 g/mol. The molecule has 1 fully saturated rings. The molecule has 0 aromatic heterocycles. The van der Waals surface area contributed by atoms with Crippen LogP contribution in [0.25, 0.3) is 0 Å². The largest absolute Gasteiger partial charge is 0.496 e. The van der Waals surface area contributed by atoms with Crippen molar-refractivity contribution in [3.05, 3.63) is 29.8 Å². The van der Waals surface area contributed by atoms with Gasteiger partial charge in [-0.1, -0.05) is 39.0 Å². The number of hydrogen-bond acceptors (Lipinski definition) is 2. The molecule has 1 aromatic carbocycles. The molecule has 0 saturated heterocycles. The Bertz CT molecular complexity index is 409. The minimum atomic E-state index is 0.396. The molecule has 2 heteroatoms. The zero-order valence-electron chi connectivity index (χ0n) is 12.7. The Morgan fingerprint density at radius 2 is 1.95 bits per heavy atom. The van der Waals surface area contributed by atoms with Crippen molar-refractivity contribution in [1.29, 1.82) is 0 Å². The molecule has 2 nitrogen and oxygen atoms in total. The maximum atomic E-state index is 5.48. The highest BCUT2D eigenvalue weighted by molar-refractivity contribution is 5.35. The maximum absolute atomic E-state index is 5.48. The second-order valence-electron chi connectivity index (χ2n) is 6.10. The number of hydrogen-bond donors (Lipinski definition) is 1. The number of para-hydroxylation sites is 1. The molecule has 1 unspecified atom stereocenters. The Balaban J connectivity index is 2.04. The number of methoxy groups -OCH3 is 1. The van der Waals surface area contributed by atoms with Crippen LogP contribution in [0.3, 0.4) is 0 Å². The van der Waals surface area contributed by atoms with Gasteiger partial charge in [-0.2, -0.15) is 0 Å². The fourth-order valence-corrected chi connectivity index (χ4v) is 2.87. The second-order valence-corrected chi connectivity index (χ2v) is 6.10. The lowest BCUT2D eigenvalue weighted by atomic mass is 9.91. The number of ether oxygens (including phenoxy) is 1. The Morgan fingerprint density at radius 3 is 2.47 bits per heavy atom. The fourth-order valence-electron chi connectivity index (χ4n) is 2.87. The number of rotatable bonds is 7. The first-order valence-electron chi connectivity index (χ1n) is 7.49. The van der Waals surface area contributed by atoms with E-state index in [0.29, 0.717) is 11.5 Å². The van der Waals surface area contributed by atoms with Crippen LogP contribution in [0.2, 0.25) is 0 Å². The summed E-state index contributed by atoms with van der Waals surface area (Å²) < 4.78 is 5.48. The maximum Gasteiger partial charge on any atom is 0.123 e. The molecule has 0 radical (unpaired) electrons. The summed E-state index contributed by atoms with van der Waals surface area (Å²) in [5, 5.41) is 3.76. The predicted molar refractivity (Wildman–Crippen MR) is 80.5 cm³/mol. The molecule has 106 valence electrons. The van der Waals surface area contributed by atoms with Crippen LogP contribution >= 0.6 is 0 Å². The first-order valence-corrected chi connectivity index (χ1v) is 7.49. The van der Waals surface area contributed by atoms with Crippen LogP contribution in [-0.4, -0.2) is 13.7 Å². The van der Waals surface area contributed by atoms with Crippen molar-refractivity contribution >= 4 is 0 Å². The van der Waals surface area contributed by atoms with E-state index < -0.39 is 0 Å². The third-order valence-electron chi connectivity index (χ3n) is 4.74. The van der Waals surface area contributed by atoms with Crippen molar-refractivity contribution in [2.24, 2.45) is 11.3 Å². The Labute approximate surface area is 117 Å². The van der Waals surface area contributed by atoms with Crippen molar-refractivity contribution in [3.8, 4) is 5.75 Å². The van der Waals surface area contributed by atoms with E-state index >= 15 is 0 Å². The van der Waals surface area contributed by atoms with Crippen molar-refractivity contribution in [2.45, 2.75) is 46.1 Å². The van der Waals surface area contributed by atoms with E-state index in [1.165, 1.54) is 18.4 Å². The van der Waals surface area contributed by atoms with Gasteiger partial charge in [0, 0.05) is 18.2 Å². The van der Waals surface area contributed by atoms with E-state index in [2.05, 4.69) is 44.3 Å². The van der Waals surface area contributed by atoms with Crippen LogP contribution < -0.4 is 10.1 Å². The molecule has 1 N–H and O–H groups in total. The van der Waals surface area contributed by atoms with Crippen LogP contribution in [-0.2, 0) is 0 Å². The van der Waals surface area contributed by atoms with Crippen LogP contribution in [0.1, 0.15) is 51.6 Å². The van der Waals surface area contributed by atoms with Gasteiger partial charge in [0.15, 0.2) is 0 Å². The van der Waals surface area contributed by atoms with E-state index in [-0.39, 0.29) is 0 Å². The fraction of sp³-hybridized carbons (Fsp3) is 0.647. The Hall–Kier alpha value is -1.02. The summed E-state index contributed by atoms with van der Waals surface area (Å²) in [5.41, 5.74) is 1.84. The molecule has 1 saturated carbocycles. The molecule has 0 bridgehead atoms. The molecule has 0 amide bonds.